The van der Waals surface area contributed by atoms with E-state index in [1.165, 1.54) is 16.7 Å². The van der Waals surface area contributed by atoms with Crippen molar-refractivity contribution in [2.24, 2.45) is 0 Å². The Bertz CT molecular complexity index is 480. The molecule has 0 aliphatic heterocycles. The van der Waals surface area contributed by atoms with Gasteiger partial charge in [0.25, 0.3) is 0 Å². The molecule has 2 rings (SSSR count). The Morgan fingerprint density at radius 3 is 2.76 bits per heavy atom. The zero-order chi connectivity index (χ0) is 12.1. The lowest BCUT2D eigenvalue weighted by Crippen LogP contribution is -2.14. The van der Waals surface area contributed by atoms with Gasteiger partial charge in [-0.25, -0.2) is 9.97 Å². The van der Waals surface area contributed by atoms with Gasteiger partial charge in [0.05, 0.1) is 5.69 Å². The Hall–Kier alpha value is -1.74. The van der Waals surface area contributed by atoms with Crippen molar-refractivity contribution >= 4 is 0 Å². The third-order valence-corrected chi connectivity index (χ3v) is 2.77. The van der Waals surface area contributed by atoms with Crippen LogP contribution in [0.3, 0.4) is 0 Å². The smallest absolute Gasteiger partial charge is 0.115 e. The van der Waals surface area contributed by atoms with Crippen LogP contribution in [0, 0.1) is 13.8 Å². The van der Waals surface area contributed by atoms with E-state index in [-0.39, 0.29) is 0 Å². The summed E-state index contributed by atoms with van der Waals surface area (Å²) in [6, 6.07) is 8.46. The molecule has 17 heavy (non-hydrogen) atoms. The van der Waals surface area contributed by atoms with Gasteiger partial charge in [-0.05, 0) is 31.0 Å². The van der Waals surface area contributed by atoms with Crippen molar-refractivity contribution < 1.29 is 0 Å². The number of nitrogens with one attached hydrogen (secondary N) is 1. The van der Waals surface area contributed by atoms with E-state index in [0.717, 1.165) is 18.8 Å². The molecule has 1 aromatic carbocycles. The van der Waals surface area contributed by atoms with Crippen LogP contribution in [0.5, 0.6) is 0 Å². The highest BCUT2D eigenvalue weighted by atomic mass is 14.9. The first-order valence-corrected chi connectivity index (χ1v) is 5.77. The Balaban J connectivity index is 1.92. The number of aryl methyl sites for hydroxylation is 2. The molecule has 3 nitrogen and oxygen atoms in total. The zero-order valence-electron chi connectivity index (χ0n) is 10.3. The summed E-state index contributed by atoms with van der Waals surface area (Å²) in [6.45, 7) is 5.90. The molecule has 88 valence electrons. The van der Waals surface area contributed by atoms with Gasteiger partial charge in [0.1, 0.15) is 6.33 Å². The Kier molecular flexibility index (Phi) is 3.83. The van der Waals surface area contributed by atoms with Crippen molar-refractivity contribution in [1.29, 1.82) is 0 Å². The standard InChI is InChI=1S/C14H17N3/c1-11-3-4-12(2)13(7-11)8-16-9-14-5-6-15-10-17-14/h3-7,10,16H,8-9H2,1-2H3. The normalized spacial score (nSPS) is 10.5. The number of hydrogen-bond donors (Lipinski definition) is 1. The number of nitrogens with zero attached hydrogens (tertiary/aromatic N) is 2. The second-order valence-corrected chi connectivity index (χ2v) is 4.23. The predicted molar refractivity (Wildman–Crippen MR) is 68.5 cm³/mol. The fraction of sp³-hybridized carbons (Fsp3) is 0.286. The lowest BCUT2D eigenvalue weighted by atomic mass is 10.1. The van der Waals surface area contributed by atoms with Crippen molar-refractivity contribution in [3.63, 3.8) is 0 Å². The van der Waals surface area contributed by atoms with E-state index < -0.39 is 0 Å². The van der Waals surface area contributed by atoms with Gasteiger partial charge in [-0.3, -0.25) is 0 Å². The molecule has 1 N–H and O–H groups in total. The third kappa shape index (κ3) is 3.36. The highest BCUT2D eigenvalue weighted by Gasteiger charge is 1.99. The lowest BCUT2D eigenvalue weighted by Gasteiger charge is -2.08. The fourth-order valence-corrected chi connectivity index (χ4v) is 1.74. The third-order valence-electron chi connectivity index (χ3n) is 2.77. The van der Waals surface area contributed by atoms with E-state index in [1.54, 1.807) is 12.5 Å². The van der Waals surface area contributed by atoms with Gasteiger partial charge in [-0.1, -0.05) is 23.8 Å². The second-order valence-electron chi connectivity index (χ2n) is 4.23. The number of aromatic nitrogens is 2. The summed E-state index contributed by atoms with van der Waals surface area (Å²) in [6.07, 6.45) is 3.34. The van der Waals surface area contributed by atoms with Crippen LogP contribution >= 0.6 is 0 Å². The molecule has 0 saturated carbocycles. The van der Waals surface area contributed by atoms with Gasteiger partial charge in [-0.2, -0.15) is 0 Å². The van der Waals surface area contributed by atoms with Crippen molar-refractivity contribution in [3.8, 4) is 0 Å². The van der Waals surface area contributed by atoms with Crippen molar-refractivity contribution in [1.82, 2.24) is 15.3 Å². The van der Waals surface area contributed by atoms with E-state index in [0.29, 0.717) is 0 Å². The van der Waals surface area contributed by atoms with E-state index in [2.05, 4.69) is 47.3 Å². The monoisotopic (exact) mass is 227 g/mol. The van der Waals surface area contributed by atoms with Gasteiger partial charge in [0.15, 0.2) is 0 Å². The maximum absolute atomic E-state index is 4.18. The zero-order valence-corrected chi connectivity index (χ0v) is 10.3. The molecule has 0 saturated heterocycles. The summed E-state index contributed by atoms with van der Waals surface area (Å²) in [5.41, 5.74) is 4.99. The molecular weight excluding hydrogens is 210 g/mol. The van der Waals surface area contributed by atoms with E-state index in [4.69, 9.17) is 0 Å². The minimum atomic E-state index is 0.774. The fourth-order valence-electron chi connectivity index (χ4n) is 1.74. The predicted octanol–water partition coefficient (Wildman–Crippen LogP) is 2.38. The summed E-state index contributed by atoms with van der Waals surface area (Å²) in [5.74, 6) is 0. The molecule has 3 heteroatoms. The summed E-state index contributed by atoms with van der Waals surface area (Å²) in [5, 5.41) is 3.40. The maximum Gasteiger partial charge on any atom is 0.115 e. The molecule has 0 amide bonds. The Morgan fingerprint density at radius 1 is 1.12 bits per heavy atom. The molecule has 0 unspecified atom stereocenters. The van der Waals surface area contributed by atoms with Crippen molar-refractivity contribution in [2.75, 3.05) is 0 Å². The Morgan fingerprint density at radius 2 is 2.00 bits per heavy atom. The van der Waals surface area contributed by atoms with Crippen LogP contribution in [0.1, 0.15) is 22.4 Å². The summed E-state index contributed by atoms with van der Waals surface area (Å²) < 4.78 is 0. The van der Waals surface area contributed by atoms with Gasteiger partial charge in [0.2, 0.25) is 0 Å². The average molecular weight is 227 g/mol. The molecule has 0 spiro atoms. The lowest BCUT2D eigenvalue weighted by molar-refractivity contribution is 0.675. The van der Waals surface area contributed by atoms with Gasteiger partial charge < -0.3 is 5.32 Å². The minimum absolute atomic E-state index is 0.774. The van der Waals surface area contributed by atoms with E-state index >= 15 is 0 Å². The summed E-state index contributed by atoms with van der Waals surface area (Å²) >= 11 is 0. The van der Waals surface area contributed by atoms with Gasteiger partial charge in [-0.15, -0.1) is 0 Å². The first-order valence-electron chi connectivity index (χ1n) is 5.77. The molecular formula is C14H17N3. The van der Waals surface area contributed by atoms with E-state index in [9.17, 15) is 0 Å². The molecule has 0 fully saturated rings. The largest absolute Gasteiger partial charge is 0.307 e. The van der Waals surface area contributed by atoms with Crippen LogP contribution in [0.15, 0.2) is 36.8 Å². The number of hydrogen-bond acceptors (Lipinski definition) is 3. The topological polar surface area (TPSA) is 37.8 Å². The molecule has 0 bridgehead atoms. The van der Waals surface area contributed by atoms with Crippen LogP contribution in [-0.2, 0) is 13.1 Å². The molecule has 2 aromatic rings. The number of benzene rings is 1. The summed E-state index contributed by atoms with van der Waals surface area (Å²) in [4.78, 5) is 8.07. The van der Waals surface area contributed by atoms with Crippen molar-refractivity contribution in [3.05, 3.63) is 59.2 Å². The average Bonchev–Trinajstić information content (AvgIpc) is 2.35. The Labute approximate surface area is 102 Å². The second kappa shape index (κ2) is 5.55. The first-order chi connectivity index (χ1) is 8.25. The van der Waals surface area contributed by atoms with Gasteiger partial charge >= 0.3 is 0 Å². The van der Waals surface area contributed by atoms with Gasteiger partial charge in [0, 0.05) is 19.3 Å². The molecule has 1 heterocycles. The molecule has 0 aliphatic carbocycles. The highest BCUT2D eigenvalue weighted by molar-refractivity contribution is 5.30. The van der Waals surface area contributed by atoms with Crippen LogP contribution in [0.2, 0.25) is 0 Å². The van der Waals surface area contributed by atoms with Crippen LogP contribution in [0.4, 0.5) is 0 Å². The van der Waals surface area contributed by atoms with Crippen LogP contribution in [0.25, 0.3) is 0 Å². The van der Waals surface area contributed by atoms with Crippen molar-refractivity contribution in [2.45, 2.75) is 26.9 Å². The first kappa shape index (κ1) is 11.7. The van der Waals surface area contributed by atoms with E-state index in [1.807, 2.05) is 6.07 Å². The molecule has 0 aliphatic rings. The molecule has 0 radical (unpaired) electrons. The maximum atomic E-state index is 4.18. The number of rotatable bonds is 4. The van der Waals surface area contributed by atoms with Crippen LogP contribution in [-0.4, -0.2) is 9.97 Å². The summed E-state index contributed by atoms with van der Waals surface area (Å²) in [7, 11) is 0. The minimum Gasteiger partial charge on any atom is -0.307 e. The van der Waals surface area contributed by atoms with Crippen LogP contribution < -0.4 is 5.32 Å². The quantitative estimate of drug-likeness (QED) is 0.871. The highest BCUT2D eigenvalue weighted by Crippen LogP contribution is 2.10. The SMILES string of the molecule is Cc1ccc(C)c(CNCc2ccncn2)c1. The molecule has 0 atom stereocenters. The molecule has 1 aromatic heterocycles.